The lowest BCUT2D eigenvalue weighted by molar-refractivity contribution is -0.125. The molecular weight excluding hydrogens is 458 g/mol. The van der Waals surface area contributed by atoms with E-state index in [9.17, 15) is 4.79 Å². The number of nitrogens with zero attached hydrogens (tertiary/aromatic N) is 4. The summed E-state index contributed by atoms with van der Waals surface area (Å²) in [7, 11) is 0. The van der Waals surface area contributed by atoms with Crippen LogP contribution in [-0.2, 0) is 11.3 Å². The number of nitrogens with one attached hydrogen (secondary N) is 1. The van der Waals surface area contributed by atoms with Gasteiger partial charge in [-0.1, -0.05) is 42.3 Å². The first-order valence-electron chi connectivity index (χ1n) is 14.3. The molecule has 0 radical (unpaired) electrons. The molecule has 2 aromatic carbocycles. The first-order chi connectivity index (χ1) is 18.0. The Hall–Kier alpha value is -2.86. The second kappa shape index (κ2) is 11.7. The predicted molar refractivity (Wildman–Crippen MR) is 152 cm³/mol. The molecule has 6 heteroatoms. The van der Waals surface area contributed by atoms with E-state index in [1.54, 1.807) is 0 Å². The number of amides is 1. The number of anilines is 1. The van der Waals surface area contributed by atoms with Crippen LogP contribution in [0.2, 0.25) is 0 Å². The maximum atomic E-state index is 12.9. The lowest BCUT2D eigenvalue weighted by Gasteiger charge is -2.33. The van der Waals surface area contributed by atoms with Gasteiger partial charge in [-0.25, -0.2) is 4.98 Å². The SMILES string of the molecule is Cc1ccc(C)c(Cn2c(N3CCC(C(=O)NCCCN4CCCCC4C)CC3)nc3ccccc32)c1. The number of rotatable bonds is 8. The normalized spacial score (nSPS) is 19.4. The molecule has 1 atom stereocenters. The predicted octanol–water partition coefficient (Wildman–Crippen LogP) is 5.30. The molecule has 37 heavy (non-hydrogen) atoms. The number of fused-ring (bicyclic) bond motifs is 1. The molecule has 6 nitrogen and oxygen atoms in total. The number of hydrogen-bond donors (Lipinski definition) is 1. The van der Waals surface area contributed by atoms with E-state index >= 15 is 0 Å². The van der Waals surface area contributed by atoms with Crippen molar-refractivity contribution in [1.29, 1.82) is 0 Å². The maximum Gasteiger partial charge on any atom is 0.223 e. The van der Waals surface area contributed by atoms with Crippen molar-refractivity contribution in [2.24, 2.45) is 5.92 Å². The zero-order chi connectivity index (χ0) is 25.8. The fraction of sp³-hybridized carbons (Fsp3) is 0.548. The Bertz CT molecular complexity index is 1210. The van der Waals surface area contributed by atoms with Gasteiger partial charge in [-0.15, -0.1) is 0 Å². The monoisotopic (exact) mass is 501 g/mol. The van der Waals surface area contributed by atoms with Gasteiger partial charge >= 0.3 is 0 Å². The molecule has 1 aromatic heterocycles. The minimum absolute atomic E-state index is 0.0991. The van der Waals surface area contributed by atoms with Crippen molar-refractivity contribution >= 4 is 22.9 Å². The third-order valence-corrected chi connectivity index (χ3v) is 8.48. The molecule has 1 unspecified atom stereocenters. The fourth-order valence-electron chi connectivity index (χ4n) is 6.07. The number of carbonyl (C=O) groups is 1. The summed E-state index contributed by atoms with van der Waals surface area (Å²) in [6.07, 6.45) is 6.77. The summed E-state index contributed by atoms with van der Waals surface area (Å²) in [5, 5.41) is 3.23. The van der Waals surface area contributed by atoms with Gasteiger partial charge in [0, 0.05) is 38.1 Å². The molecule has 2 aliphatic rings. The minimum Gasteiger partial charge on any atom is -0.356 e. The quantitative estimate of drug-likeness (QED) is 0.426. The third-order valence-electron chi connectivity index (χ3n) is 8.48. The highest BCUT2D eigenvalue weighted by Gasteiger charge is 2.28. The van der Waals surface area contributed by atoms with E-state index in [2.05, 4.69) is 82.9 Å². The molecule has 0 saturated carbocycles. The Labute approximate surface area is 222 Å². The zero-order valence-corrected chi connectivity index (χ0v) is 22.9. The molecule has 3 heterocycles. The molecule has 2 aliphatic heterocycles. The van der Waals surface area contributed by atoms with E-state index in [-0.39, 0.29) is 11.8 Å². The third kappa shape index (κ3) is 6.01. The molecule has 0 aliphatic carbocycles. The number of carbonyl (C=O) groups excluding carboxylic acids is 1. The van der Waals surface area contributed by atoms with Crippen molar-refractivity contribution in [3.05, 3.63) is 59.2 Å². The van der Waals surface area contributed by atoms with E-state index in [1.165, 1.54) is 48.0 Å². The summed E-state index contributed by atoms with van der Waals surface area (Å²) in [5.41, 5.74) is 6.12. The van der Waals surface area contributed by atoms with E-state index in [1.807, 2.05) is 0 Å². The first-order valence-corrected chi connectivity index (χ1v) is 14.3. The van der Waals surface area contributed by atoms with Gasteiger partial charge in [-0.2, -0.15) is 0 Å². The lowest BCUT2D eigenvalue weighted by Crippen LogP contribution is -2.42. The molecule has 2 fully saturated rings. The van der Waals surface area contributed by atoms with Crippen LogP contribution in [0.5, 0.6) is 0 Å². The zero-order valence-electron chi connectivity index (χ0n) is 22.9. The van der Waals surface area contributed by atoms with Gasteiger partial charge in [0.15, 0.2) is 0 Å². The average molecular weight is 502 g/mol. The largest absolute Gasteiger partial charge is 0.356 e. The molecule has 0 bridgehead atoms. The van der Waals surface area contributed by atoms with Gasteiger partial charge in [0.1, 0.15) is 0 Å². The van der Waals surface area contributed by atoms with Gasteiger partial charge in [0.25, 0.3) is 0 Å². The number of likely N-dealkylation sites (tertiary alicyclic amines) is 1. The number of aromatic nitrogens is 2. The highest BCUT2D eigenvalue weighted by atomic mass is 16.1. The molecule has 2 saturated heterocycles. The second-order valence-corrected chi connectivity index (χ2v) is 11.2. The van der Waals surface area contributed by atoms with Gasteiger partial charge < -0.3 is 19.7 Å². The van der Waals surface area contributed by atoms with Crippen molar-refractivity contribution in [2.45, 2.75) is 71.9 Å². The Balaban J connectivity index is 1.19. The summed E-state index contributed by atoms with van der Waals surface area (Å²) >= 11 is 0. The molecule has 198 valence electrons. The number of aryl methyl sites for hydroxylation is 2. The molecular formula is C31H43N5O. The van der Waals surface area contributed by atoms with E-state index in [4.69, 9.17) is 4.98 Å². The number of benzene rings is 2. The Kier molecular flexibility index (Phi) is 8.14. The summed E-state index contributed by atoms with van der Waals surface area (Å²) in [4.78, 5) is 22.9. The van der Waals surface area contributed by atoms with Crippen LogP contribution >= 0.6 is 0 Å². The smallest absolute Gasteiger partial charge is 0.223 e. The van der Waals surface area contributed by atoms with Crippen LogP contribution in [0.4, 0.5) is 5.95 Å². The van der Waals surface area contributed by atoms with Crippen molar-refractivity contribution in [2.75, 3.05) is 37.6 Å². The first kappa shape index (κ1) is 25.8. The van der Waals surface area contributed by atoms with Crippen molar-refractivity contribution in [3.63, 3.8) is 0 Å². The van der Waals surface area contributed by atoms with Crippen molar-refractivity contribution in [3.8, 4) is 0 Å². The van der Waals surface area contributed by atoms with Crippen LogP contribution in [0.15, 0.2) is 42.5 Å². The minimum atomic E-state index is 0.0991. The van der Waals surface area contributed by atoms with Crippen LogP contribution in [0, 0.1) is 19.8 Å². The number of imidazole rings is 1. The molecule has 5 rings (SSSR count). The topological polar surface area (TPSA) is 53.4 Å². The average Bonchev–Trinajstić information content (AvgIpc) is 3.28. The summed E-state index contributed by atoms with van der Waals surface area (Å²) in [5.74, 6) is 1.36. The Morgan fingerprint density at radius 1 is 1.03 bits per heavy atom. The van der Waals surface area contributed by atoms with E-state index in [0.29, 0.717) is 6.04 Å². The van der Waals surface area contributed by atoms with Gasteiger partial charge in [-0.05, 0) is 82.7 Å². The van der Waals surface area contributed by atoms with Crippen LogP contribution in [0.25, 0.3) is 11.0 Å². The number of para-hydroxylation sites is 2. The molecule has 1 amide bonds. The summed E-state index contributed by atoms with van der Waals surface area (Å²) in [6, 6.07) is 15.8. The van der Waals surface area contributed by atoms with Gasteiger partial charge in [0.2, 0.25) is 11.9 Å². The van der Waals surface area contributed by atoms with Crippen LogP contribution in [0.3, 0.4) is 0 Å². The number of hydrogen-bond acceptors (Lipinski definition) is 4. The lowest BCUT2D eigenvalue weighted by atomic mass is 9.96. The highest BCUT2D eigenvalue weighted by Crippen LogP contribution is 2.29. The fourth-order valence-corrected chi connectivity index (χ4v) is 6.07. The van der Waals surface area contributed by atoms with E-state index < -0.39 is 0 Å². The highest BCUT2D eigenvalue weighted by molar-refractivity contribution is 5.80. The Morgan fingerprint density at radius 3 is 2.65 bits per heavy atom. The van der Waals surface area contributed by atoms with Crippen molar-refractivity contribution < 1.29 is 4.79 Å². The van der Waals surface area contributed by atoms with Gasteiger partial charge in [-0.3, -0.25) is 4.79 Å². The van der Waals surface area contributed by atoms with E-state index in [0.717, 1.165) is 63.5 Å². The standard InChI is InChI=1S/C31H43N5O/c1-23-12-13-24(2)27(21-23)22-36-29-11-5-4-10-28(29)33-31(36)35-19-14-26(15-20-35)30(37)32-16-8-18-34-17-7-6-9-25(34)3/h4-5,10-13,21,25-26H,6-9,14-20,22H2,1-3H3,(H,32,37). The molecule has 3 aromatic rings. The van der Waals surface area contributed by atoms with Crippen molar-refractivity contribution in [1.82, 2.24) is 19.8 Å². The number of piperidine rings is 2. The van der Waals surface area contributed by atoms with Gasteiger partial charge in [0.05, 0.1) is 17.6 Å². The van der Waals surface area contributed by atoms with Crippen LogP contribution in [-0.4, -0.2) is 59.1 Å². The van der Waals surface area contributed by atoms with Crippen LogP contribution < -0.4 is 10.2 Å². The molecule has 0 spiro atoms. The molecule has 1 N–H and O–H groups in total. The Morgan fingerprint density at radius 2 is 1.84 bits per heavy atom. The summed E-state index contributed by atoms with van der Waals surface area (Å²) in [6.45, 7) is 12.3. The maximum absolute atomic E-state index is 12.9. The van der Waals surface area contributed by atoms with Crippen LogP contribution in [0.1, 0.15) is 62.1 Å². The summed E-state index contributed by atoms with van der Waals surface area (Å²) < 4.78 is 2.36. The second-order valence-electron chi connectivity index (χ2n) is 11.2.